The molecule has 0 heteroatoms. The summed E-state index contributed by atoms with van der Waals surface area (Å²) in [5.41, 5.74) is 3.09. The normalized spacial score (nSPS) is 12.3. The minimum Gasteiger partial charge on any atom is -0.0654 e. The highest BCUT2D eigenvalue weighted by Gasteiger charge is 2.43. The Morgan fingerprint density at radius 3 is 1.57 bits per heavy atom. The average molecular weight is 309 g/mol. The van der Waals surface area contributed by atoms with Crippen molar-refractivity contribution in [3.63, 3.8) is 0 Å². The Morgan fingerprint density at radius 1 is 0.652 bits per heavy atom. The lowest BCUT2D eigenvalue weighted by atomic mass is 9.58. The van der Waals surface area contributed by atoms with E-state index in [1.165, 1.54) is 43.2 Å². The molecule has 2 aromatic rings. The summed E-state index contributed by atoms with van der Waals surface area (Å²) in [4.78, 5) is 0. The molecule has 0 aliphatic rings. The van der Waals surface area contributed by atoms with Gasteiger partial charge < -0.3 is 0 Å². The molecule has 0 amide bonds. The van der Waals surface area contributed by atoms with Crippen LogP contribution in [0.1, 0.15) is 70.9 Å². The van der Waals surface area contributed by atoms with E-state index >= 15 is 0 Å². The Morgan fingerprint density at radius 2 is 1.13 bits per heavy atom. The van der Waals surface area contributed by atoms with Crippen molar-refractivity contribution in [3.8, 4) is 0 Å². The summed E-state index contributed by atoms with van der Waals surface area (Å²) in [5, 5.41) is 0. The minimum atomic E-state index is 0.0295. The van der Waals surface area contributed by atoms with E-state index in [0.29, 0.717) is 0 Å². The molecule has 0 bridgehead atoms. The summed E-state index contributed by atoms with van der Waals surface area (Å²) in [6, 6.07) is 22.1. The summed E-state index contributed by atoms with van der Waals surface area (Å²) < 4.78 is 0. The fraction of sp³-hybridized carbons (Fsp3) is 0.478. The van der Waals surface area contributed by atoms with E-state index < -0.39 is 0 Å². The highest BCUT2D eigenvalue weighted by molar-refractivity contribution is 5.40. The predicted octanol–water partition coefficient (Wildman–Crippen LogP) is 6.99. The molecule has 0 nitrogen and oxygen atoms in total. The summed E-state index contributed by atoms with van der Waals surface area (Å²) >= 11 is 0. The van der Waals surface area contributed by atoms with Crippen LogP contribution in [0, 0.1) is 5.41 Å². The second-order valence-corrected chi connectivity index (χ2v) is 7.55. The van der Waals surface area contributed by atoms with Gasteiger partial charge in [-0.05, 0) is 23.0 Å². The zero-order chi connectivity index (χ0) is 16.8. The Bertz CT molecular complexity index is 526. The highest BCUT2D eigenvalue weighted by Crippen LogP contribution is 2.49. The molecule has 0 aliphatic heterocycles. The summed E-state index contributed by atoms with van der Waals surface area (Å²) in [5.74, 6) is 0. The number of hydrogen-bond donors (Lipinski definition) is 0. The zero-order valence-corrected chi connectivity index (χ0v) is 15.3. The highest BCUT2D eigenvalue weighted by atomic mass is 14.5. The van der Waals surface area contributed by atoms with Crippen LogP contribution in [0.25, 0.3) is 0 Å². The maximum Gasteiger partial charge on any atom is 0.0225 e. The Kier molecular flexibility index (Phi) is 6.04. The number of hydrogen-bond acceptors (Lipinski definition) is 0. The van der Waals surface area contributed by atoms with Crippen molar-refractivity contribution in [2.24, 2.45) is 5.41 Å². The molecule has 0 heterocycles. The van der Waals surface area contributed by atoms with Crippen LogP contribution in [0.3, 0.4) is 0 Å². The fourth-order valence-electron chi connectivity index (χ4n) is 3.73. The van der Waals surface area contributed by atoms with E-state index in [1.807, 2.05) is 0 Å². The van der Waals surface area contributed by atoms with Gasteiger partial charge in [0.15, 0.2) is 0 Å². The lowest BCUT2D eigenvalue weighted by Gasteiger charge is -2.46. The van der Waals surface area contributed by atoms with Gasteiger partial charge in [-0.1, -0.05) is 114 Å². The molecule has 23 heavy (non-hydrogen) atoms. The minimum absolute atomic E-state index is 0.0295. The van der Waals surface area contributed by atoms with E-state index in [1.54, 1.807) is 0 Å². The average Bonchev–Trinajstić information content (AvgIpc) is 2.59. The summed E-state index contributed by atoms with van der Waals surface area (Å²) in [6.45, 7) is 9.60. The Labute approximate surface area is 143 Å². The van der Waals surface area contributed by atoms with Gasteiger partial charge in [0, 0.05) is 5.41 Å². The van der Waals surface area contributed by atoms with Gasteiger partial charge >= 0.3 is 0 Å². The quantitative estimate of drug-likeness (QED) is 0.461. The van der Waals surface area contributed by atoms with E-state index in [9.17, 15) is 0 Å². The predicted molar refractivity (Wildman–Crippen MR) is 102 cm³/mol. The van der Waals surface area contributed by atoms with Gasteiger partial charge in [-0.3, -0.25) is 0 Å². The van der Waals surface area contributed by atoms with Crippen LogP contribution < -0.4 is 0 Å². The first-order chi connectivity index (χ1) is 11.0. The van der Waals surface area contributed by atoms with Crippen molar-refractivity contribution >= 4 is 0 Å². The molecule has 0 saturated carbocycles. The van der Waals surface area contributed by atoms with Crippen LogP contribution in [-0.2, 0) is 5.41 Å². The molecular weight excluding hydrogens is 276 g/mol. The third-order valence-corrected chi connectivity index (χ3v) is 5.71. The topological polar surface area (TPSA) is 0 Å². The number of rotatable bonds is 8. The first kappa shape index (κ1) is 17.8. The van der Waals surface area contributed by atoms with Crippen LogP contribution in [0.15, 0.2) is 60.7 Å². The molecule has 0 aliphatic carbocycles. The van der Waals surface area contributed by atoms with Gasteiger partial charge in [0.2, 0.25) is 0 Å². The molecule has 0 N–H and O–H groups in total. The lowest BCUT2D eigenvalue weighted by Crippen LogP contribution is -2.40. The second kappa shape index (κ2) is 7.81. The maximum atomic E-state index is 2.44. The van der Waals surface area contributed by atoms with Gasteiger partial charge in [-0.2, -0.15) is 0 Å². The monoisotopic (exact) mass is 308 g/mol. The molecule has 0 unspecified atom stereocenters. The van der Waals surface area contributed by atoms with Crippen molar-refractivity contribution < 1.29 is 0 Å². The van der Waals surface area contributed by atoms with E-state index in [0.717, 1.165) is 0 Å². The SMILES string of the molecule is CCCCCCC(C)(C)C(C)(c1ccccc1)c1ccccc1. The number of unbranched alkanes of at least 4 members (excludes halogenated alkanes) is 3. The van der Waals surface area contributed by atoms with Crippen molar-refractivity contribution in [3.05, 3.63) is 71.8 Å². The largest absolute Gasteiger partial charge is 0.0654 e. The summed E-state index contributed by atoms with van der Waals surface area (Å²) in [7, 11) is 0. The molecule has 0 atom stereocenters. The smallest absolute Gasteiger partial charge is 0.0225 e. The van der Waals surface area contributed by atoms with E-state index in [4.69, 9.17) is 0 Å². The second-order valence-electron chi connectivity index (χ2n) is 7.55. The molecular formula is C23H32. The Balaban J connectivity index is 2.38. The van der Waals surface area contributed by atoms with Crippen LogP contribution in [0.5, 0.6) is 0 Å². The van der Waals surface area contributed by atoms with Crippen molar-refractivity contribution in [2.75, 3.05) is 0 Å². The molecule has 0 spiro atoms. The summed E-state index contributed by atoms with van der Waals surface area (Å²) in [6.07, 6.45) is 6.57. The van der Waals surface area contributed by atoms with Crippen LogP contribution >= 0.6 is 0 Å². The van der Waals surface area contributed by atoms with Gasteiger partial charge in [0.1, 0.15) is 0 Å². The molecule has 0 saturated heterocycles. The molecule has 0 radical (unpaired) electrons. The van der Waals surface area contributed by atoms with Crippen molar-refractivity contribution in [1.29, 1.82) is 0 Å². The van der Waals surface area contributed by atoms with Crippen LogP contribution in [-0.4, -0.2) is 0 Å². The van der Waals surface area contributed by atoms with E-state index in [2.05, 4.69) is 88.4 Å². The van der Waals surface area contributed by atoms with Crippen LogP contribution in [0.4, 0.5) is 0 Å². The maximum absolute atomic E-state index is 2.44. The molecule has 0 aromatic heterocycles. The molecule has 2 rings (SSSR count). The van der Waals surface area contributed by atoms with Gasteiger partial charge in [-0.25, -0.2) is 0 Å². The first-order valence-electron chi connectivity index (χ1n) is 9.13. The standard InChI is InChI=1S/C23H32/c1-5-6-7-14-19-22(2,3)23(4,20-15-10-8-11-16-20)21-17-12-9-13-18-21/h8-13,15-18H,5-7,14,19H2,1-4H3. The van der Waals surface area contributed by atoms with Crippen LogP contribution in [0.2, 0.25) is 0 Å². The van der Waals surface area contributed by atoms with Crippen molar-refractivity contribution in [1.82, 2.24) is 0 Å². The van der Waals surface area contributed by atoms with E-state index in [-0.39, 0.29) is 10.8 Å². The third-order valence-electron chi connectivity index (χ3n) is 5.71. The first-order valence-corrected chi connectivity index (χ1v) is 9.13. The molecule has 124 valence electrons. The third kappa shape index (κ3) is 3.86. The zero-order valence-electron chi connectivity index (χ0n) is 15.3. The Hall–Kier alpha value is -1.56. The van der Waals surface area contributed by atoms with Gasteiger partial charge in [-0.15, -0.1) is 0 Å². The van der Waals surface area contributed by atoms with Gasteiger partial charge in [0.05, 0.1) is 0 Å². The molecule has 2 aromatic carbocycles. The van der Waals surface area contributed by atoms with Crippen molar-refractivity contribution in [2.45, 2.75) is 65.2 Å². The fourth-order valence-corrected chi connectivity index (χ4v) is 3.73. The lowest BCUT2D eigenvalue weighted by molar-refractivity contribution is 0.194. The number of benzene rings is 2. The van der Waals surface area contributed by atoms with Gasteiger partial charge in [0.25, 0.3) is 0 Å². The molecule has 0 fully saturated rings.